The number of halogens is 1. The van der Waals surface area contributed by atoms with Crippen LogP contribution in [0.25, 0.3) is 22.1 Å². The van der Waals surface area contributed by atoms with E-state index in [0.717, 1.165) is 0 Å². The number of carboxylic acid groups (broad SMARTS) is 1. The zero-order chi connectivity index (χ0) is 12.2. The number of nitrogens with zero attached hydrogens (tertiary/aromatic N) is 1. The SMILES string of the molecule is Cn1c(C(=O)O)cc2c3ccc(F)cc3oc21. The molecule has 0 aliphatic rings. The molecule has 2 heterocycles. The number of benzene rings is 1. The van der Waals surface area contributed by atoms with Gasteiger partial charge >= 0.3 is 5.97 Å². The highest BCUT2D eigenvalue weighted by molar-refractivity contribution is 6.07. The second kappa shape index (κ2) is 3.10. The van der Waals surface area contributed by atoms with Gasteiger partial charge in [-0.3, -0.25) is 0 Å². The average Bonchev–Trinajstić information content (AvgIpc) is 2.76. The third-order valence-electron chi connectivity index (χ3n) is 2.84. The van der Waals surface area contributed by atoms with Gasteiger partial charge in [-0.05, 0) is 18.2 Å². The molecular formula is C12H8FNO3. The van der Waals surface area contributed by atoms with E-state index in [2.05, 4.69) is 0 Å². The second-order valence-electron chi connectivity index (χ2n) is 3.86. The summed E-state index contributed by atoms with van der Waals surface area (Å²) in [7, 11) is 1.60. The quantitative estimate of drug-likeness (QED) is 0.703. The van der Waals surface area contributed by atoms with Crippen molar-refractivity contribution in [3.05, 3.63) is 35.8 Å². The molecule has 0 fully saturated rings. The van der Waals surface area contributed by atoms with Gasteiger partial charge in [0.2, 0.25) is 5.71 Å². The Balaban J connectivity index is 2.45. The molecule has 1 aromatic carbocycles. The van der Waals surface area contributed by atoms with Crippen molar-refractivity contribution >= 4 is 28.0 Å². The summed E-state index contributed by atoms with van der Waals surface area (Å²) in [6, 6.07) is 5.73. The van der Waals surface area contributed by atoms with Crippen LogP contribution in [0.5, 0.6) is 0 Å². The molecule has 3 aromatic rings. The zero-order valence-electron chi connectivity index (χ0n) is 8.90. The maximum atomic E-state index is 13.0. The molecule has 0 saturated heterocycles. The molecule has 3 rings (SSSR count). The van der Waals surface area contributed by atoms with Crippen LogP contribution in [0.3, 0.4) is 0 Å². The van der Waals surface area contributed by atoms with Crippen molar-refractivity contribution in [2.45, 2.75) is 0 Å². The Morgan fingerprint density at radius 3 is 2.82 bits per heavy atom. The Labute approximate surface area is 94.9 Å². The lowest BCUT2D eigenvalue weighted by Crippen LogP contribution is -2.03. The first-order chi connectivity index (χ1) is 8.08. The second-order valence-corrected chi connectivity index (χ2v) is 3.86. The summed E-state index contributed by atoms with van der Waals surface area (Å²) in [6.07, 6.45) is 0. The first-order valence-corrected chi connectivity index (χ1v) is 4.98. The van der Waals surface area contributed by atoms with E-state index in [9.17, 15) is 9.18 Å². The summed E-state index contributed by atoms with van der Waals surface area (Å²) < 4.78 is 19.9. The highest BCUT2D eigenvalue weighted by Gasteiger charge is 2.17. The van der Waals surface area contributed by atoms with Gasteiger partial charge in [0.25, 0.3) is 0 Å². The summed E-state index contributed by atoms with van der Waals surface area (Å²) in [6.45, 7) is 0. The minimum Gasteiger partial charge on any atom is -0.477 e. The van der Waals surface area contributed by atoms with Gasteiger partial charge in [-0.1, -0.05) is 0 Å². The van der Waals surface area contributed by atoms with Gasteiger partial charge in [-0.15, -0.1) is 0 Å². The largest absolute Gasteiger partial charge is 0.477 e. The van der Waals surface area contributed by atoms with Crippen molar-refractivity contribution in [3.8, 4) is 0 Å². The maximum absolute atomic E-state index is 13.0. The fourth-order valence-electron chi connectivity index (χ4n) is 2.01. The van der Waals surface area contributed by atoms with Crippen LogP contribution in [-0.2, 0) is 7.05 Å². The van der Waals surface area contributed by atoms with Crippen molar-refractivity contribution in [2.75, 3.05) is 0 Å². The van der Waals surface area contributed by atoms with E-state index < -0.39 is 5.97 Å². The van der Waals surface area contributed by atoms with Gasteiger partial charge in [0, 0.05) is 23.9 Å². The monoisotopic (exact) mass is 233 g/mol. The number of rotatable bonds is 1. The van der Waals surface area contributed by atoms with E-state index in [-0.39, 0.29) is 11.5 Å². The van der Waals surface area contributed by atoms with Crippen LogP contribution in [-0.4, -0.2) is 15.6 Å². The molecule has 0 saturated carbocycles. The van der Waals surface area contributed by atoms with E-state index in [1.807, 2.05) is 0 Å². The first kappa shape index (κ1) is 9.89. The third kappa shape index (κ3) is 1.25. The first-order valence-electron chi connectivity index (χ1n) is 4.98. The molecule has 0 spiro atoms. The third-order valence-corrected chi connectivity index (χ3v) is 2.84. The summed E-state index contributed by atoms with van der Waals surface area (Å²) in [4.78, 5) is 11.0. The Morgan fingerprint density at radius 2 is 2.12 bits per heavy atom. The van der Waals surface area contributed by atoms with Gasteiger partial charge in [0.1, 0.15) is 17.1 Å². The number of carboxylic acids is 1. The Kier molecular flexibility index (Phi) is 1.80. The molecule has 2 aromatic heterocycles. The number of fused-ring (bicyclic) bond motifs is 3. The lowest BCUT2D eigenvalue weighted by Gasteiger charge is -1.95. The lowest BCUT2D eigenvalue weighted by molar-refractivity contribution is 0.0686. The van der Waals surface area contributed by atoms with Gasteiger partial charge in [0.15, 0.2) is 0 Å². The maximum Gasteiger partial charge on any atom is 0.352 e. The zero-order valence-corrected chi connectivity index (χ0v) is 8.90. The molecule has 17 heavy (non-hydrogen) atoms. The van der Waals surface area contributed by atoms with E-state index in [4.69, 9.17) is 9.52 Å². The minimum absolute atomic E-state index is 0.143. The van der Waals surface area contributed by atoms with Crippen LogP contribution >= 0.6 is 0 Å². The van der Waals surface area contributed by atoms with E-state index >= 15 is 0 Å². The van der Waals surface area contributed by atoms with Crippen LogP contribution < -0.4 is 0 Å². The molecule has 0 radical (unpaired) electrons. The molecule has 0 amide bonds. The number of hydrogen-bond acceptors (Lipinski definition) is 2. The van der Waals surface area contributed by atoms with Crippen molar-refractivity contribution in [1.82, 2.24) is 4.57 Å². The molecule has 86 valence electrons. The molecule has 0 atom stereocenters. The number of aryl methyl sites for hydroxylation is 1. The molecule has 0 aliphatic heterocycles. The highest BCUT2D eigenvalue weighted by Crippen LogP contribution is 2.31. The fraction of sp³-hybridized carbons (Fsp3) is 0.0833. The van der Waals surface area contributed by atoms with Gasteiger partial charge < -0.3 is 14.1 Å². The van der Waals surface area contributed by atoms with Crippen molar-refractivity contribution in [3.63, 3.8) is 0 Å². The van der Waals surface area contributed by atoms with Crippen LogP contribution in [0.1, 0.15) is 10.5 Å². The summed E-state index contributed by atoms with van der Waals surface area (Å²) in [5.74, 6) is -1.40. The lowest BCUT2D eigenvalue weighted by atomic mass is 10.2. The number of furan rings is 1. The Hall–Kier alpha value is -2.30. The smallest absolute Gasteiger partial charge is 0.352 e. The highest BCUT2D eigenvalue weighted by atomic mass is 19.1. The molecule has 5 heteroatoms. The molecular weight excluding hydrogens is 225 g/mol. The topological polar surface area (TPSA) is 55.4 Å². The summed E-state index contributed by atoms with van der Waals surface area (Å²) in [5, 5.41) is 10.4. The van der Waals surface area contributed by atoms with Gasteiger partial charge in [-0.25, -0.2) is 9.18 Å². The van der Waals surface area contributed by atoms with Crippen molar-refractivity contribution in [1.29, 1.82) is 0 Å². The van der Waals surface area contributed by atoms with E-state index in [1.165, 1.54) is 22.8 Å². The number of aromatic carboxylic acids is 1. The predicted molar refractivity (Wildman–Crippen MR) is 59.6 cm³/mol. The normalized spacial score (nSPS) is 11.4. The van der Waals surface area contributed by atoms with Gasteiger partial charge in [0.05, 0.1) is 0 Å². The van der Waals surface area contributed by atoms with Crippen LogP contribution in [0, 0.1) is 5.82 Å². The molecule has 1 N–H and O–H groups in total. The number of aromatic nitrogens is 1. The molecule has 0 bridgehead atoms. The van der Waals surface area contributed by atoms with Crippen LogP contribution in [0.2, 0.25) is 0 Å². The standard InChI is InChI=1S/C12H8FNO3/c1-14-9(12(15)16)5-8-7-3-2-6(13)4-10(7)17-11(8)14/h2-5H,1H3,(H,15,16). The molecule has 4 nitrogen and oxygen atoms in total. The predicted octanol–water partition coefficient (Wildman–Crippen LogP) is 2.76. The van der Waals surface area contributed by atoms with Gasteiger partial charge in [-0.2, -0.15) is 0 Å². The Bertz CT molecular complexity index is 754. The fourth-order valence-corrected chi connectivity index (χ4v) is 2.01. The van der Waals surface area contributed by atoms with Crippen LogP contribution in [0.4, 0.5) is 4.39 Å². The minimum atomic E-state index is -1.02. The number of carbonyl (C=O) groups is 1. The summed E-state index contributed by atoms with van der Waals surface area (Å²) in [5.41, 5.74) is 0.996. The van der Waals surface area contributed by atoms with E-state index in [0.29, 0.717) is 22.1 Å². The average molecular weight is 233 g/mol. The summed E-state index contributed by atoms with van der Waals surface area (Å²) >= 11 is 0. The van der Waals surface area contributed by atoms with Crippen molar-refractivity contribution < 1.29 is 18.7 Å². The van der Waals surface area contributed by atoms with Crippen LogP contribution in [0.15, 0.2) is 28.7 Å². The molecule has 0 unspecified atom stereocenters. The van der Waals surface area contributed by atoms with E-state index in [1.54, 1.807) is 13.1 Å². The molecule has 0 aliphatic carbocycles. The van der Waals surface area contributed by atoms with Crippen molar-refractivity contribution in [2.24, 2.45) is 7.05 Å². The number of hydrogen-bond donors (Lipinski definition) is 1. The Morgan fingerprint density at radius 1 is 1.35 bits per heavy atom.